The Kier molecular flexibility index (Phi) is 2.59. The molecule has 2 fully saturated rings. The molecule has 1 N–H and O–H groups in total. The summed E-state index contributed by atoms with van der Waals surface area (Å²) >= 11 is 0. The van der Waals surface area contributed by atoms with E-state index in [0.29, 0.717) is 17.5 Å². The Bertz CT molecular complexity index is 978. The van der Waals surface area contributed by atoms with Crippen LogP contribution in [0.15, 0.2) is 41.2 Å². The third-order valence-corrected chi connectivity index (χ3v) is 5.36. The predicted octanol–water partition coefficient (Wildman–Crippen LogP) is 1.97. The number of nitrogens with one attached hydrogen (secondary N) is 1. The Morgan fingerprint density at radius 1 is 1.09 bits per heavy atom. The van der Waals surface area contributed by atoms with E-state index in [1.54, 1.807) is 0 Å². The molecule has 5 nitrogen and oxygen atoms in total. The Hall–Kier alpha value is -2.40. The molecule has 5 rings (SSSR count). The van der Waals surface area contributed by atoms with Gasteiger partial charge in [-0.1, -0.05) is 18.2 Å². The first-order chi connectivity index (χ1) is 11.2. The summed E-state index contributed by atoms with van der Waals surface area (Å²) in [5.74, 6) is 1.02. The second kappa shape index (κ2) is 4.55. The normalized spacial score (nSPS) is 24.1. The summed E-state index contributed by atoms with van der Waals surface area (Å²) in [6.45, 7) is 2.15. The number of anilines is 1. The SMILES string of the molecule is CN1C[C@H]2C[C@@H]1CN2c1ccc2[nH]c(=O)c3ccccc3c2n1. The van der Waals surface area contributed by atoms with Crippen molar-refractivity contribution in [3.63, 3.8) is 0 Å². The number of aromatic nitrogens is 2. The molecule has 2 bridgehead atoms. The number of pyridine rings is 2. The van der Waals surface area contributed by atoms with E-state index in [9.17, 15) is 4.79 Å². The minimum Gasteiger partial charge on any atom is -0.351 e. The van der Waals surface area contributed by atoms with Crippen LogP contribution in [-0.2, 0) is 0 Å². The van der Waals surface area contributed by atoms with Crippen molar-refractivity contribution in [2.45, 2.75) is 18.5 Å². The fourth-order valence-corrected chi connectivity index (χ4v) is 4.14. The van der Waals surface area contributed by atoms with Crippen LogP contribution >= 0.6 is 0 Å². The molecule has 4 heterocycles. The molecule has 2 atom stereocenters. The van der Waals surface area contributed by atoms with Crippen LogP contribution in [0, 0.1) is 0 Å². The summed E-state index contributed by atoms with van der Waals surface area (Å²) in [4.78, 5) is 24.9. The molecule has 2 aliphatic heterocycles. The van der Waals surface area contributed by atoms with E-state index in [1.807, 2.05) is 36.4 Å². The number of fused-ring (bicyclic) bond motifs is 5. The molecule has 0 spiro atoms. The van der Waals surface area contributed by atoms with Crippen molar-refractivity contribution >= 4 is 27.6 Å². The summed E-state index contributed by atoms with van der Waals surface area (Å²) in [5.41, 5.74) is 1.64. The van der Waals surface area contributed by atoms with Gasteiger partial charge in [0.25, 0.3) is 5.56 Å². The zero-order chi connectivity index (χ0) is 15.6. The highest BCUT2D eigenvalue weighted by molar-refractivity contribution is 6.03. The van der Waals surface area contributed by atoms with Gasteiger partial charge in [0.15, 0.2) is 0 Å². The number of hydrogen-bond acceptors (Lipinski definition) is 4. The fraction of sp³-hybridized carbons (Fsp3) is 0.333. The first kappa shape index (κ1) is 13.1. The third-order valence-electron chi connectivity index (χ3n) is 5.36. The van der Waals surface area contributed by atoms with E-state index in [4.69, 9.17) is 4.98 Å². The summed E-state index contributed by atoms with van der Waals surface area (Å²) in [6.07, 6.45) is 1.22. The predicted molar refractivity (Wildman–Crippen MR) is 92.0 cm³/mol. The first-order valence-corrected chi connectivity index (χ1v) is 8.09. The minimum absolute atomic E-state index is 0.0514. The first-order valence-electron chi connectivity index (χ1n) is 8.09. The average Bonchev–Trinajstić information content (AvgIpc) is 3.14. The summed E-state index contributed by atoms with van der Waals surface area (Å²) in [5, 5.41) is 1.63. The molecule has 2 aliphatic rings. The molecule has 3 aromatic rings. The van der Waals surface area contributed by atoms with Crippen molar-refractivity contribution in [3.8, 4) is 0 Å². The molecule has 5 heteroatoms. The van der Waals surface area contributed by atoms with Crippen LogP contribution in [0.4, 0.5) is 5.82 Å². The molecular formula is C18H18N4O. The smallest absolute Gasteiger partial charge is 0.256 e. The standard InChI is InChI=1S/C18H18N4O/c1-21-9-12-8-11(21)10-22(12)16-7-6-15-17(20-16)13-4-2-3-5-14(13)18(23)19-15/h2-7,11-12H,8-10H2,1H3,(H,19,23)/t11-,12-/m1/s1. The van der Waals surface area contributed by atoms with Crippen molar-refractivity contribution in [2.24, 2.45) is 0 Å². The highest BCUT2D eigenvalue weighted by Gasteiger charge is 2.41. The lowest BCUT2D eigenvalue weighted by atomic mass is 10.1. The summed E-state index contributed by atoms with van der Waals surface area (Å²) in [6, 6.07) is 12.9. The molecule has 1 aromatic carbocycles. The monoisotopic (exact) mass is 306 g/mol. The van der Waals surface area contributed by atoms with Gasteiger partial charge in [0.05, 0.1) is 11.0 Å². The van der Waals surface area contributed by atoms with Crippen molar-refractivity contribution in [1.29, 1.82) is 0 Å². The number of hydrogen-bond donors (Lipinski definition) is 1. The van der Waals surface area contributed by atoms with Crippen LogP contribution in [0.25, 0.3) is 21.8 Å². The molecule has 0 aliphatic carbocycles. The van der Waals surface area contributed by atoms with E-state index in [-0.39, 0.29) is 5.56 Å². The highest BCUT2D eigenvalue weighted by Crippen LogP contribution is 2.33. The lowest BCUT2D eigenvalue weighted by Crippen LogP contribution is -2.44. The number of likely N-dealkylation sites (tertiary alicyclic amines) is 1. The number of piperazine rings is 1. The van der Waals surface area contributed by atoms with Gasteiger partial charge in [0.2, 0.25) is 0 Å². The van der Waals surface area contributed by atoms with Crippen LogP contribution in [0.2, 0.25) is 0 Å². The zero-order valence-electron chi connectivity index (χ0n) is 13.0. The molecule has 0 radical (unpaired) electrons. The van der Waals surface area contributed by atoms with Crippen LogP contribution < -0.4 is 10.5 Å². The number of aromatic amines is 1. The van der Waals surface area contributed by atoms with Crippen LogP contribution in [0.5, 0.6) is 0 Å². The minimum atomic E-state index is -0.0514. The van der Waals surface area contributed by atoms with E-state index in [0.717, 1.165) is 35.3 Å². The van der Waals surface area contributed by atoms with E-state index in [1.165, 1.54) is 6.42 Å². The number of nitrogens with zero attached hydrogens (tertiary/aromatic N) is 3. The van der Waals surface area contributed by atoms with Crippen molar-refractivity contribution < 1.29 is 0 Å². The molecule has 0 amide bonds. The maximum atomic E-state index is 12.2. The molecular weight excluding hydrogens is 288 g/mol. The van der Waals surface area contributed by atoms with Gasteiger partial charge in [-0.05, 0) is 31.7 Å². The van der Waals surface area contributed by atoms with Gasteiger partial charge in [0.1, 0.15) is 5.82 Å². The number of rotatable bonds is 1. The fourth-order valence-electron chi connectivity index (χ4n) is 4.14. The maximum absolute atomic E-state index is 12.2. The van der Waals surface area contributed by atoms with Gasteiger partial charge in [-0.3, -0.25) is 9.69 Å². The van der Waals surface area contributed by atoms with E-state index in [2.05, 4.69) is 21.8 Å². The van der Waals surface area contributed by atoms with Gasteiger partial charge in [-0.25, -0.2) is 4.98 Å². The van der Waals surface area contributed by atoms with Crippen LogP contribution in [0.1, 0.15) is 6.42 Å². The van der Waals surface area contributed by atoms with Gasteiger partial charge < -0.3 is 9.88 Å². The number of H-pyrrole nitrogens is 1. The molecule has 2 saturated heterocycles. The largest absolute Gasteiger partial charge is 0.351 e. The van der Waals surface area contributed by atoms with Gasteiger partial charge in [-0.15, -0.1) is 0 Å². The molecule has 0 saturated carbocycles. The summed E-state index contributed by atoms with van der Waals surface area (Å²) in [7, 11) is 2.20. The summed E-state index contributed by atoms with van der Waals surface area (Å²) < 4.78 is 0. The Morgan fingerprint density at radius 3 is 2.65 bits per heavy atom. The number of likely N-dealkylation sites (N-methyl/N-ethyl adjacent to an activating group) is 1. The van der Waals surface area contributed by atoms with Gasteiger partial charge >= 0.3 is 0 Å². The van der Waals surface area contributed by atoms with Crippen LogP contribution in [-0.4, -0.2) is 47.1 Å². The van der Waals surface area contributed by atoms with Crippen molar-refractivity contribution in [2.75, 3.05) is 25.0 Å². The topological polar surface area (TPSA) is 52.2 Å². The second-order valence-electron chi connectivity index (χ2n) is 6.70. The van der Waals surface area contributed by atoms with Gasteiger partial charge in [-0.2, -0.15) is 0 Å². The number of benzene rings is 1. The second-order valence-corrected chi connectivity index (χ2v) is 6.70. The molecule has 0 unspecified atom stereocenters. The van der Waals surface area contributed by atoms with Crippen molar-refractivity contribution in [1.82, 2.24) is 14.9 Å². The third kappa shape index (κ3) is 1.83. The molecule has 116 valence electrons. The van der Waals surface area contributed by atoms with E-state index >= 15 is 0 Å². The quantitative estimate of drug-likeness (QED) is 0.698. The Balaban J connectivity index is 1.69. The highest BCUT2D eigenvalue weighted by atomic mass is 16.1. The maximum Gasteiger partial charge on any atom is 0.256 e. The van der Waals surface area contributed by atoms with Crippen LogP contribution in [0.3, 0.4) is 0 Å². The van der Waals surface area contributed by atoms with Crippen molar-refractivity contribution in [3.05, 3.63) is 46.8 Å². The molecule has 2 aromatic heterocycles. The Morgan fingerprint density at radius 2 is 1.91 bits per heavy atom. The lowest BCUT2D eigenvalue weighted by molar-refractivity contribution is 0.292. The molecule has 23 heavy (non-hydrogen) atoms. The van der Waals surface area contributed by atoms with Gasteiger partial charge in [0, 0.05) is 35.9 Å². The zero-order valence-corrected chi connectivity index (χ0v) is 13.0. The Labute approximate surface area is 133 Å². The lowest BCUT2D eigenvalue weighted by Gasteiger charge is -2.32. The van der Waals surface area contributed by atoms with E-state index < -0.39 is 0 Å². The average molecular weight is 306 g/mol.